The molecule has 0 aromatic heterocycles. The molecule has 3 aromatic rings. The Balaban J connectivity index is 1.29. The summed E-state index contributed by atoms with van der Waals surface area (Å²) in [5.41, 5.74) is 5.04. The van der Waals surface area contributed by atoms with Crippen LogP contribution in [-0.4, -0.2) is 24.4 Å². The van der Waals surface area contributed by atoms with Crippen molar-refractivity contribution in [3.05, 3.63) is 89.2 Å². The van der Waals surface area contributed by atoms with Gasteiger partial charge in [-0.15, -0.1) is 0 Å². The molecule has 0 fully saturated rings. The monoisotopic (exact) mass is 401 g/mol. The van der Waals surface area contributed by atoms with E-state index in [4.69, 9.17) is 4.74 Å². The summed E-state index contributed by atoms with van der Waals surface area (Å²) in [7, 11) is 0. The van der Waals surface area contributed by atoms with E-state index in [1.54, 1.807) is 0 Å². The van der Waals surface area contributed by atoms with Crippen molar-refractivity contribution in [2.24, 2.45) is 0 Å². The van der Waals surface area contributed by atoms with E-state index in [1.165, 1.54) is 23.3 Å². The van der Waals surface area contributed by atoms with Crippen LogP contribution in [0.2, 0.25) is 0 Å². The second-order valence-electron chi connectivity index (χ2n) is 6.97. The standard InChI is InChI=1S/C25H20FNO3/c26-18-13-12-17(24(28)15-18)7-5-6-14-27-25(29)30-16-23-21-10-3-1-8-19(21)20-9-2-4-11-22(20)23/h1-4,8-13,15,23,28H,6,14,16H2,(H,27,29). The number of benzene rings is 3. The number of ether oxygens (including phenoxy) is 1. The number of rotatable bonds is 4. The van der Waals surface area contributed by atoms with Gasteiger partial charge < -0.3 is 15.2 Å². The molecule has 5 heteroatoms. The summed E-state index contributed by atoms with van der Waals surface area (Å²) in [6, 6.07) is 20.0. The quantitative estimate of drug-likeness (QED) is 0.487. The Kier molecular flexibility index (Phi) is 5.67. The first-order valence-corrected chi connectivity index (χ1v) is 9.69. The number of phenolic OH excluding ortho intramolecular Hbond substituents is 1. The molecule has 4 nitrogen and oxygen atoms in total. The number of hydrogen-bond acceptors (Lipinski definition) is 3. The van der Waals surface area contributed by atoms with Crippen LogP contribution in [0.1, 0.15) is 29.0 Å². The lowest BCUT2D eigenvalue weighted by Gasteiger charge is -2.14. The minimum atomic E-state index is -0.519. The highest BCUT2D eigenvalue weighted by Crippen LogP contribution is 2.44. The average molecular weight is 401 g/mol. The third-order valence-electron chi connectivity index (χ3n) is 5.05. The summed E-state index contributed by atoms with van der Waals surface area (Å²) in [5.74, 6) is 4.89. The van der Waals surface area contributed by atoms with E-state index >= 15 is 0 Å². The van der Waals surface area contributed by atoms with Crippen LogP contribution in [0.4, 0.5) is 9.18 Å². The fraction of sp³-hybridized carbons (Fsp3) is 0.160. The van der Waals surface area contributed by atoms with Gasteiger partial charge in [0.2, 0.25) is 0 Å². The summed E-state index contributed by atoms with van der Waals surface area (Å²) in [5, 5.41) is 12.3. The number of halogens is 1. The summed E-state index contributed by atoms with van der Waals surface area (Å²) in [6.45, 7) is 0.570. The number of fused-ring (bicyclic) bond motifs is 3. The Labute approximate surface area is 174 Å². The van der Waals surface area contributed by atoms with Crippen LogP contribution in [0.15, 0.2) is 66.7 Å². The third-order valence-corrected chi connectivity index (χ3v) is 5.05. The van der Waals surface area contributed by atoms with Crippen molar-refractivity contribution < 1.29 is 19.0 Å². The minimum absolute atomic E-state index is 0.0180. The molecular weight excluding hydrogens is 381 g/mol. The lowest BCUT2D eigenvalue weighted by molar-refractivity contribution is 0.143. The fourth-order valence-corrected chi connectivity index (χ4v) is 3.64. The van der Waals surface area contributed by atoms with Crippen molar-refractivity contribution in [3.63, 3.8) is 0 Å². The SMILES string of the molecule is O=C(NCCC#Cc1ccc(F)cc1O)OCC1c2ccccc2-c2ccccc21. The smallest absolute Gasteiger partial charge is 0.407 e. The molecule has 1 aliphatic rings. The molecule has 0 atom stereocenters. The Morgan fingerprint density at radius 1 is 1.03 bits per heavy atom. The van der Waals surface area contributed by atoms with Gasteiger partial charge >= 0.3 is 6.09 Å². The molecule has 1 aliphatic carbocycles. The molecule has 0 radical (unpaired) electrons. The van der Waals surface area contributed by atoms with Crippen LogP contribution in [0.25, 0.3) is 11.1 Å². The highest BCUT2D eigenvalue weighted by atomic mass is 19.1. The van der Waals surface area contributed by atoms with Gasteiger partial charge in [0, 0.05) is 24.9 Å². The Bertz CT molecular complexity index is 1100. The van der Waals surface area contributed by atoms with Crippen LogP contribution in [-0.2, 0) is 4.74 Å². The number of nitrogens with one attached hydrogen (secondary N) is 1. The van der Waals surface area contributed by atoms with Gasteiger partial charge in [-0.25, -0.2) is 9.18 Å². The molecule has 0 saturated carbocycles. The summed E-state index contributed by atoms with van der Waals surface area (Å²) >= 11 is 0. The van der Waals surface area contributed by atoms with Gasteiger partial charge in [-0.2, -0.15) is 0 Å². The molecule has 0 spiro atoms. The molecule has 0 unspecified atom stereocenters. The number of carbonyl (C=O) groups is 1. The van der Waals surface area contributed by atoms with Crippen LogP contribution in [0.5, 0.6) is 5.75 Å². The van der Waals surface area contributed by atoms with E-state index in [9.17, 15) is 14.3 Å². The van der Waals surface area contributed by atoms with Crippen molar-refractivity contribution in [2.75, 3.05) is 13.2 Å². The van der Waals surface area contributed by atoms with E-state index in [0.29, 0.717) is 18.5 Å². The fourth-order valence-electron chi connectivity index (χ4n) is 3.64. The van der Waals surface area contributed by atoms with E-state index < -0.39 is 11.9 Å². The van der Waals surface area contributed by atoms with E-state index in [0.717, 1.165) is 17.2 Å². The summed E-state index contributed by atoms with van der Waals surface area (Å²) in [6.07, 6.45) is -0.121. The second-order valence-corrected chi connectivity index (χ2v) is 6.97. The molecule has 150 valence electrons. The number of amides is 1. The zero-order chi connectivity index (χ0) is 20.9. The van der Waals surface area contributed by atoms with Gasteiger partial charge in [0.05, 0.1) is 5.56 Å². The Morgan fingerprint density at radius 2 is 1.70 bits per heavy atom. The third kappa shape index (κ3) is 4.13. The zero-order valence-corrected chi connectivity index (χ0v) is 16.2. The van der Waals surface area contributed by atoms with Crippen molar-refractivity contribution >= 4 is 6.09 Å². The van der Waals surface area contributed by atoms with Gasteiger partial charge in [0.15, 0.2) is 0 Å². The molecule has 4 rings (SSSR count). The molecule has 0 saturated heterocycles. The topological polar surface area (TPSA) is 58.6 Å². The molecular formula is C25H20FNO3. The van der Waals surface area contributed by atoms with Crippen molar-refractivity contribution in [2.45, 2.75) is 12.3 Å². The molecule has 1 amide bonds. The average Bonchev–Trinajstić information content (AvgIpc) is 3.07. The first kappa shape index (κ1) is 19.5. The zero-order valence-electron chi connectivity index (χ0n) is 16.2. The number of alkyl carbamates (subject to hydrolysis) is 1. The number of carbonyl (C=O) groups excluding carboxylic acids is 1. The first-order chi connectivity index (χ1) is 14.6. The Hall–Kier alpha value is -3.78. The molecule has 2 N–H and O–H groups in total. The van der Waals surface area contributed by atoms with Gasteiger partial charge in [-0.1, -0.05) is 60.4 Å². The predicted octanol–water partition coefficient (Wildman–Crippen LogP) is 4.81. The van der Waals surface area contributed by atoms with E-state index in [-0.39, 0.29) is 18.3 Å². The van der Waals surface area contributed by atoms with E-state index in [2.05, 4.69) is 41.4 Å². The highest BCUT2D eigenvalue weighted by Gasteiger charge is 2.28. The van der Waals surface area contributed by atoms with Crippen molar-refractivity contribution in [1.29, 1.82) is 0 Å². The van der Waals surface area contributed by atoms with Crippen molar-refractivity contribution in [1.82, 2.24) is 5.32 Å². The number of hydrogen-bond donors (Lipinski definition) is 2. The van der Waals surface area contributed by atoms with E-state index in [1.807, 2.05) is 24.3 Å². The van der Waals surface area contributed by atoms with Gasteiger partial charge in [0.25, 0.3) is 0 Å². The number of aromatic hydroxyl groups is 1. The normalized spacial score (nSPS) is 11.8. The maximum Gasteiger partial charge on any atom is 0.407 e. The largest absolute Gasteiger partial charge is 0.507 e. The highest BCUT2D eigenvalue weighted by molar-refractivity contribution is 5.79. The van der Waals surface area contributed by atoms with Gasteiger partial charge in [0.1, 0.15) is 18.2 Å². The molecule has 3 aromatic carbocycles. The maximum absolute atomic E-state index is 13.0. The lowest BCUT2D eigenvalue weighted by atomic mass is 9.98. The van der Waals surface area contributed by atoms with Gasteiger partial charge in [-0.05, 0) is 34.4 Å². The van der Waals surface area contributed by atoms with Crippen LogP contribution >= 0.6 is 0 Å². The number of phenols is 1. The van der Waals surface area contributed by atoms with Crippen LogP contribution in [0, 0.1) is 17.7 Å². The first-order valence-electron chi connectivity index (χ1n) is 9.69. The van der Waals surface area contributed by atoms with Crippen molar-refractivity contribution in [3.8, 4) is 28.7 Å². The van der Waals surface area contributed by atoms with Gasteiger partial charge in [-0.3, -0.25) is 0 Å². The molecule has 30 heavy (non-hydrogen) atoms. The maximum atomic E-state index is 13.0. The summed E-state index contributed by atoms with van der Waals surface area (Å²) < 4.78 is 18.4. The molecule has 0 heterocycles. The van der Waals surface area contributed by atoms with Crippen LogP contribution in [0.3, 0.4) is 0 Å². The second kappa shape index (κ2) is 8.71. The lowest BCUT2D eigenvalue weighted by Crippen LogP contribution is -2.26. The molecule has 0 aliphatic heterocycles. The van der Waals surface area contributed by atoms with Crippen LogP contribution < -0.4 is 5.32 Å². The Morgan fingerprint density at radius 3 is 2.37 bits per heavy atom. The summed E-state index contributed by atoms with van der Waals surface area (Å²) in [4.78, 5) is 12.1. The minimum Gasteiger partial charge on any atom is -0.507 e. The predicted molar refractivity (Wildman–Crippen MR) is 113 cm³/mol. The molecule has 0 bridgehead atoms.